The van der Waals surface area contributed by atoms with E-state index in [1.54, 1.807) is 24.3 Å². The Bertz CT molecular complexity index is 740. The van der Waals surface area contributed by atoms with Crippen LogP contribution in [0.25, 0.3) is 11.3 Å². The van der Waals surface area contributed by atoms with E-state index in [0.717, 1.165) is 0 Å². The molecule has 1 aromatic heterocycles. The Morgan fingerprint density at radius 1 is 1.21 bits per heavy atom. The number of ether oxygens (including phenoxy) is 1. The summed E-state index contributed by atoms with van der Waals surface area (Å²) >= 11 is 0. The van der Waals surface area contributed by atoms with E-state index >= 15 is 0 Å². The zero-order chi connectivity index (χ0) is 17.1. The van der Waals surface area contributed by atoms with Gasteiger partial charge in [0.1, 0.15) is 11.6 Å². The minimum atomic E-state index is -0.967. The Hall–Kier alpha value is -2.67. The van der Waals surface area contributed by atoms with E-state index in [1.807, 2.05) is 0 Å². The zero-order valence-corrected chi connectivity index (χ0v) is 12.8. The highest BCUT2D eigenvalue weighted by atomic mass is 19.1. The molecule has 1 N–H and O–H groups in total. The zero-order valence-electron chi connectivity index (χ0n) is 12.8. The Labute approximate surface area is 137 Å². The monoisotopic (exact) mass is 333 g/mol. The number of nitrogens with zero attached hydrogens (tertiary/aromatic N) is 1. The number of carboxylic acids is 1. The second-order valence-electron chi connectivity index (χ2n) is 5.51. The lowest BCUT2D eigenvalue weighted by Gasteiger charge is -2.31. The van der Waals surface area contributed by atoms with Gasteiger partial charge in [0.15, 0.2) is 5.76 Å². The number of carboxylic acid groups (broad SMARTS) is 1. The topological polar surface area (TPSA) is 80.0 Å². The van der Waals surface area contributed by atoms with Crippen molar-refractivity contribution in [2.75, 3.05) is 19.7 Å². The number of furan rings is 1. The number of amides is 1. The molecule has 1 amide bonds. The van der Waals surface area contributed by atoms with Crippen LogP contribution in [0.2, 0.25) is 0 Å². The smallest absolute Gasteiger partial charge is 0.306 e. The fourth-order valence-electron chi connectivity index (χ4n) is 2.60. The van der Waals surface area contributed by atoms with E-state index < -0.39 is 12.1 Å². The summed E-state index contributed by atoms with van der Waals surface area (Å²) in [4.78, 5) is 24.8. The van der Waals surface area contributed by atoms with Gasteiger partial charge in [0, 0.05) is 18.7 Å². The van der Waals surface area contributed by atoms with E-state index in [2.05, 4.69) is 0 Å². The van der Waals surface area contributed by atoms with Crippen LogP contribution in [0, 0.1) is 5.82 Å². The van der Waals surface area contributed by atoms with Crippen LogP contribution < -0.4 is 0 Å². The largest absolute Gasteiger partial charge is 0.481 e. The SMILES string of the molecule is O=C(O)C[C@H]1CN(C(=O)c2ccc(-c3ccc(F)cc3)o2)CCO1. The maximum absolute atomic E-state index is 13.0. The summed E-state index contributed by atoms with van der Waals surface area (Å²) in [6.07, 6.45) is -0.672. The lowest BCUT2D eigenvalue weighted by atomic mass is 10.2. The first-order valence-electron chi connectivity index (χ1n) is 7.51. The molecule has 6 nitrogen and oxygen atoms in total. The van der Waals surface area contributed by atoms with Gasteiger partial charge in [0.25, 0.3) is 5.91 Å². The molecule has 2 aromatic rings. The van der Waals surface area contributed by atoms with Crippen molar-refractivity contribution in [3.05, 3.63) is 48.0 Å². The number of aliphatic carboxylic acids is 1. The molecule has 1 aliphatic rings. The third-order valence-corrected chi connectivity index (χ3v) is 3.77. The molecule has 1 atom stereocenters. The minimum absolute atomic E-state index is 0.150. The summed E-state index contributed by atoms with van der Waals surface area (Å²) in [6.45, 7) is 0.870. The number of hydrogen-bond acceptors (Lipinski definition) is 4. The molecule has 2 heterocycles. The Morgan fingerprint density at radius 3 is 2.67 bits per heavy atom. The number of rotatable bonds is 4. The van der Waals surface area contributed by atoms with E-state index in [1.165, 1.54) is 17.0 Å². The third-order valence-electron chi connectivity index (χ3n) is 3.77. The van der Waals surface area contributed by atoms with Crippen LogP contribution in [0.4, 0.5) is 4.39 Å². The van der Waals surface area contributed by atoms with Gasteiger partial charge >= 0.3 is 5.97 Å². The molecule has 0 spiro atoms. The van der Waals surface area contributed by atoms with Crippen molar-refractivity contribution in [1.29, 1.82) is 0 Å². The molecule has 0 saturated carbocycles. The highest BCUT2D eigenvalue weighted by Gasteiger charge is 2.28. The quantitative estimate of drug-likeness (QED) is 0.929. The van der Waals surface area contributed by atoms with Gasteiger partial charge in [-0.1, -0.05) is 0 Å². The molecule has 24 heavy (non-hydrogen) atoms. The predicted octanol–water partition coefficient (Wildman–Crippen LogP) is 2.40. The lowest BCUT2D eigenvalue weighted by Crippen LogP contribution is -2.46. The van der Waals surface area contributed by atoms with Crippen molar-refractivity contribution < 1.29 is 28.2 Å². The van der Waals surface area contributed by atoms with Crippen LogP contribution in [0.15, 0.2) is 40.8 Å². The van der Waals surface area contributed by atoms with Crippen LogP contribution in [0.5, 0.6) is 0 Å². The molecule has 7 heteroatoms. The highest BCUT2D eigenvalue weighted by molar-refractivity contribution is 5.92. The van der Waals surface area contributed by atoms with Crippen LogP contribution in [-0.2, 0) is 9.53 Å². The average molecular weight is 333 g/mol. The molecule has 126 valence electrons. The van der Waals surface area contributed by atoms with Crippen molar-refractivity contribution in [2.45, 2.75) is 12.5 Å². The van der Waals surface area contributed by atoms with Crippen molar-refractivity contribution in [3.8, 4) is 11.3 Å². The number of hydrogen-bond donors (Lipinski definition) is 1. The molecule has 1 aromatic carbocycles. The van der Waals surface area contributed by atoms with Crippen molar-refractivity contribution >= 4 is 11.9 Å². The van der Waals surface area contributed by atoms with Gasteiger partial charge in [0.05, 0.1) is 19.1 Å². The fraction of sp³-hybridized carbons (Fsp3) is 0.294. The van der Waals surface area contributed by atoms with Crippen molar-refractivity contribution in [2.24, 2.45) is 0 Å². The minimum Gasteiger partial charge on any atom is -0.481 e. The molecule has 0 aliphatic carbocycles. The summed E-state index contributed by atoms with van der Waals surface area (Å²) in [7, 11) is 0. The molecule has 1 aliphatic heterocycles. The fourth-order valence-corrected chi connectivity index (χ4v) is 2.60. The average Bonchev–Trinajstić information content (AvgIpc) is 3.04. The molecule has 1 fully saturated rings. The Balaban J connectivity index is 1.71. The summed E-state index contributed by atoms with van der Waals surface area (Å²) in [5, 5.41) is 8.83. The van der Waals surface area contributed by atoms with Crippen LogP contribution >= 0.6 is 0 Å². The number of benzene rings is 1. The molecule has 3 rings (SSSR count). The number of carbonyl (C=O) groups is 2. The van der Waals surface area contributed by atoms with Crippen LogP contribution in [-0.4, -0.2) is 47.7 Å². The molecule has 1 saturated heterocycles. The number of morpholine rings is 1. The summed E-state index contributed by atoms with van der Waals surface area (Å²) in [5.74, 6) is -1.01. The normalized spacial score (nSPS) is 17.7. The molecular formula is C17H16FNO5. The third kappa shape index (κ3) is 3.62. The molecule has 0 bridgehead atoms. The van der Waals surface area contributed by atoms with E-state index in [-0.39, 0.29) is 37.1 Å². The maximum atomic E-state index is 13.0. The number of carbonyl (C=O) groups excluding carboxylic acids is 1. The van der Waals surface area contributed by atoms with E-state index in [9.17, 15) is 14.0 Å². The van der Waals surface area contributed by atoms with E-state index in [0.29, 0.717) is 17.9 Å². The van der Waals surface area contributed by atoms with Gasteiger partial charge in [-0.3, -0.25) is 9.59 Å². The summed E-state index contributed by atoms with van der Waals surface area (Å²) in [6, 6.07) is 8.98. The first-order valence-corrected chi connectivity index (χ1v) is 7.51. The molecule has 0 radical (unpaired) electrons. The summed E-state index contributed by atoms with van der Waals surface area (Å²) < 4.78 is 23.9. The standard InChI is InChI=1S/C17H16FNO5/c18-12-3-1-11(2-4-12)14-5-6-15(24-14)17(22)19-7-8-23-13(10-19)9-16(20)21/h1-6,13H,7-10H2,(H,20,21)/t13-/m0/s1. The van der Waals surface area contributed by atoms with Crippen molar-refractivity contribution in [1.82, 2.24) is 4.90 Å². The van der Waals surface area contributed by atoms with Crippen molar-refractivity contribution in [3.63, 3.8) is 0 Å². The first-order chi connectivity index (χ1) is 11.5. The van der Waals surface area contributed by atoms with Gasteiger partial charge < -0.3 is 19.2 Å². The van der Waals surface area contributed by atoms with Crippen LogP contribution in [0.1, 0.15) is 17.0 Å². The highest BCUT2D eigenvalue weighted by Crippen LogP contribution is 2.23. The van der Waals surface area contributed by atoms with Gasteiger partial charge in [-0.05, 0) is 36.4 Å². The van der Waals surface area contributed by atoms with Gasteiger partial charge in [-0.25, -0.2) is 4.39 Å². The molecular weight excluding hydrogens is 317 g/mol. The lowest BCUT2D eigenvalue weighted by molar-refractivity contribution is -0.141. The maximum Gasteiger partial charge on any atom is 0.306 e. The van der Waals surface area contributed by atoms with Gasteiger partial charge in [-0.15, -0.1) is 0 Å². The summed E-state index contributed by atoms with van der Waals surface area (Å²) in [5.41, 5.74) is 0.668. The second-order valence-corrected chi connectivity index (χ2v) is 5.51. The second kappa shape index (κ2) is 6.84. The van der Waals surface area contributed by atoms with E-state index in [4.69, 9.17) is 14.3 Å². The Kier molecular flexibility index (Phi) is 4.61. The van der Waals surface area contributed by atoms with Gasteiger partial charge in [0.2, 0.25) is 0 Å². The van der Waals surface area contributed by atoms with Crippen LogP contribution in [0.3, 0.4) is 0 Å². The first kappa shape index (κ1) is 16.2. The Morgan fingerprint density at radius 2 is 1.96 bits per heavy atom. The molecule has 0 unspecified atom stereocenters. The number of halogens is 1. The predicted molar refractivity (Wildman–Crippen MR) is 82.0 cm³/mol. The van der Waals surface area contributed by atoms with Gasteiger partial charge in [-0.2, -0.15) is 0 Å².